The quantitative estimate of drug-likeness (QED) is 0.408. The van der Waals surface area contributed by atoms with E-state index in [1.165, 1.54) is 0 Å². The van der Waals surface area contributed by atoms with Crippen LogP contribution in [0.3, 0.4) is 0 Å². The molecule has 1 amide bonds. The predicted molar refractivity (Wildman–Crippen MR) is 153 cm³/mol. The van der Waals surface area contributed by atoms with Crippen molar-refractivity contribution in [3.63, 3.8) is 0 Å². The minimum atomic E-state index is -0.367. The molecule has 0 radical (unpaired) electrons. The normalized spacial score (nSPS) is 20.4. The number of aromatic nitrogens is 1. The van der Waals surface area contributed by atoms with E-state index in [1.807, 2.05) is 72.6 Å². The van der Waals surface area contributed by atoms with Gasteiger partial charge in [0.05, 0.1) is 37.9 Å². The Balaban J connectivity index is 1.21. The second-order valence-corrected chi connectivity index (χ2v) is 10.7. The molecule has 0 saturated carbocycles. The first kappa shape index (κ1) is 27.1. The zero-order valence-electron chi connectivity index (χ0n) is 23.2. The van der Waals surface area contributed by atoms with Crippen LogP contribution in [-0.2, 0) is 29.2 Å². The summed E-state index contributed by atoms with van der Waals surface area (Å²) in [6, 6.07) is 20.8. The Morgan fingerprint density at radius 3 is 2.71 bits per heavy atom. The molecule has 0 unspecified atom stereocenters. The van der Waals surface area contributed by atoms with Gasteiger partial charge in [0.15, 0.2) is 17.1 Å². The number of benzene rings is 3. The topological polar surface area (TPSA) is 98.4 Å². The smallest absolute Gasteiger partial charge is 0.419 e. The molecule has 4 aromatic rings. The maximum absolute atomic E-state index is 13.1. The molecule has 1 aromatic heterocycles. The third-order valence-electron chi connectivity index (χ3n) is 7.59. The van der Waals surface area contributed by atoms with Gasteiger partial charge in [-0.25, -0.2) is 4.79 Å². The molecule has 1 N–H and O–H groups in total. The highest BCUT2D eigenvalue weighted by molar-refractivity contribution is 5.78. The van der Waals surface area contributed by atoms with Crippen LogP contribution in [-0.4, -0.2) is 72.8 Å². The monoisotopic (exact) mass is 558 g/mol. The number of amides is 1. The van der Waals surface area contributed by atoms with E-state index in [2.05, 4.69) is 10.2 Å². The molecular formula is C31H34N4O6. The molecule has 6 rings (SSSR count). The molecular weight excluding hydrogens is 524 g/mol. The minimum absolute atomic E-state index is 0.0657. The number of nitrogens with one attached hydrogen (secondary N) is 1. The SMILES string of the molecule is COc1ccc2cc1Oc1cccc(c1)CO[C@H]1CN(CCn3c(=O)oc4ccccc43)C[C@@H]1NC(=O)CN(C)C2. The number of methoxy groups -OCH3 is 1. The third-order valence-corrected chi connectivity index (χ3v) is 7.59. The molecule has 41 heavy (non-hydrogen) atoms. The summed E-state index contributed by atoms with van der Waals surface area (Å²) in [5.41, 5.74) is 3.33. The standard InChI is InChI=1S/C31H34N4O6/c1-33-16-21-10-11-27(38-2)28(15-21)40-23-7-5-6-22(14-23)20-39-29-18-34(17-24(29)32-30(36)19-33)12-13-35-25-8-3-4-9-26(25)41-31(35)37/h3-11,14-15,24,29H,12-13,16-20H2,1-2H3,(H,32,36)/t24-,29-/m0/s1. The van der Waals surface area contributed by atoms with E-state index < -0.39 is 0 Å². The molecule has 2 aliphatic heterocycles. The van der Waals surface area contributed by atoms with Gasteiger partial charge in [-0.05, 0) is 54.6 Å². The first-order valence-electron chi connectivity index (χ1n) is 13.8. The Bertz CT molecular complexity index is 1600. The Kier molecular flexibility index (Phi) is 7.78. The Hall–Kier alpha value is -4.12. The van der Waals surface area contributed by atoms with Gasteiger partial charge in [0, 0.05) is 32.7 Å². The van der Waals surface area contributed by atoms with Gasteiger partial charge in [-0.2, -0.15) is 0 Å². The van der Waals surface area contributed by atoms with Crippen molar-refractivity contribution >= 4 is 17.0 Å². The van der Waals surface area contributed by atoms with Gasteiger partial charge in [0.2, 0.25) is 5.91 Å². The molecule has 3 aromatic carbocycles. The minimum Gasteiger partial charge on any atom is -0.493 e. The van der Waals surface area contributed by atoms with Crippen molar-refractivity contribution in [1.82, 2.24) is 19.7 Å². The van der Waals surface area contributed by atoms with Gasteiger partial charge in [-0.3, -0.25) is 19.2 Å². The maximum Gasteiger partial charge on any atom is 0.419 e. The van der Waals surface area contributed by atoms with Crippen LogP contribution in [0.15, 0.2) is 75.9 Å². The second kappa shape index (κ2) is 11.8. The highest BCUT2D eigenvalue weighted by Gasteiger charge is 2.35. The fourth-order valence-corrected chi connectivity index (χ4v) is 5.60. The van der Waals surface area contributed by atoms with Crippen LogP contribution in [0.4, 0.5) is 0 Å². The van der Waals surface area contributed by atoms with Gasteiger partial charge < -0.3 is 23.9 Å². The van der Waals surface area contributed by atoms with Crippen molar-refractivity contribution in [1.29, 1.82) is 0 Å². The number of carbonyl (C=O) groups excluding carboxylic acids is 1. The number of likely N-dealkylation sites (tertiary alicyclic amines) is 1. The third kappa shape index (κ3) is 6.14. The van der Waals surface area contributed by atoms with Crippen LogP contribution in [0, 0.1) is 0 Å². The van der Waals surface area contributed by atoms with E-state index in [0.29, 0.717) is 62.2 Å². The van der Waals surface area contributed by atoms with Crippen LogP contribution in [0.25, 0.3) is 11.1 Å². The Morgan fingerprint density at radius 2 is 1.83 bits per heavy atom. The van der Waals surface area contributed by atoms with E-state index in [9.17, 15) is 9.59 Å². The van der Waals surface area contributed by atoms with Crippen molar-refractivity contribution in [3.05, 3.63) is 88.4 Å². The zero-order chi connectivity index (χ0) is 28.3. The molecule has 10 nitrogen and oxygen atoms in total. The average Bonchev–Trinajstić information content (AvgIpc) is 3.49. The lowest BCUT2D eigenvalue weighted by Gasteiger charge is -2.23. The van der Waals surface area contributed by atoms with Crippen LogP contribution in [0.2, 0.25) is 0 Å². The number of likely N-dealkylation sites (N-methyl/N-ethyl adjacent to an activating group) is 1. The highest BCUT2D eigenvalue weighted by atomic mass is 16.5. The number of nitrogens with zero attached hydrogens (tertiary/aromatic N) is 3. The van der Waals surface area contributed by atoms with Crippen molar-refractivity contribution in [2.75, 3.05) is 40.3 Å². The number of ether oxygens (including phenoxy) is 3. The average molecular weight is 559 g/mol. The van der Waals surface area contributed by atoms with Crippen LogP contribution >= 0.6 is 0 Å². The molecule has 214 valence electrons. The molecule has 2 atom stereocenters. The Labute approximate surface area is 238 Å². The van der Waals surface area contributed by atoms with Gasteiger partial charge in [-0.1, -0.05) is 30.3 Å². The second-order valence-electron chi connectivity index (χ2n) is 10.7. The van der Waals surface area contributed by atoms with Gasteiger partial charge in [0.1, 0.15) is 5.75 Å². The zero-order valence-corrected chi connectivity index (χ0v) is 23.2. The van der Waals surface area contributed by atoms with Gasteiger partial charge in [-0.15, -0.1) is 0 Å². The van der Waals surface area contributed by atoms with E-state index in [4.69, 9.17) is 18.6 Å². The van der Waals surface area contributed by atoms with E-state index in [0.717, 1.165) is 16.6 Å². The predicted octanol–water partition coefficient (Wildman–Crippen LogP) is 3.23. The lowest BCUT2D eigenvalue weighted by Crippen LogP contribution is -2.47. The number of fused-ring (bicyclic) bond motifs is 6. The summed E-state index contributed by atoms with van der Waals surface area (Å²) >= 11 is 0. The summed E-state index contributed by atoms with van der Waals surface area (Å²) in [7, 11) is 3.53. The molecule has 2 aliphatic rings. The summed E-state index contributed by atoms with van der Waals surface area (Å²) in [6.45, 7) is 3.52. The van der Waals surface area contributed by atoms with E-state index in [1.54, 1.807) is 17.7 Å². The van der Waals surface area contributed by atoms with Crippen LogP contribution in [0.1, 0.15) is 11.1 Å². The number of rotatable bonds is 4. The molecule has 3 heterocycles. The first-order chi connectivity index (χ1) is 19.9. The van der Waals surface area contributed by atoms with Gasteiger partial charge >= 0.3 is 5.76 Å². The number of hydrogen-bond acceptors (Lipinski definition) is 8. The number of hydrogen-bond donors (Lipinski definition) is 1. The molecule has 1 fully saturated rings. The molecule has 0 aliphatic carbocycles. The van der Waals surface area contributed by atoms with Crippen molar-refractivity contribution < 1.29 is 23.4 Å². The molecule has 4 bridgehead atoms. The summed E-state index contributed by atoms with van der Waals surface area (Å²) in [6.07, 6.45) is -0.215. The Morgan fingerprint density at radius 1 is 0.951 bits per heavy atom. The number of carbonyl (C=O) groups is 1. The van der Waals surface area contributed by atoms with E-state index in [-0.39, 0.29) is 30.4 Å². The summed E-state index contributed by atoms with van der Waals surface area (Å²) in [4.78, 5) is 29.8. The highest BCUT2D eigenvalue weighted by Crippen LogP contribution is 2.33. The fraction of sp³-hybridized carbons (Fsp3) is 0.355. The summed E-state index contributed by atoms with van der Waals surface area (Å²) < 4.78 is 25.2. The maximum atomic E-state index is 13.1. The van der Waals surface area contributed by atoms with Crippen molar-refractivity contribution in [3.8, 4) is 17.2 Å². The molecule has 1 saturated heterocycles. The summed E-state index contributed by atoms with van der Waals surface area (Å²) in [5.74, 6) is 1.51. The first-order valence-corrected chi connectivity index (χ1v) is 13.8. The molecule has 0 spiro atoms. The van der Waals surface area contributed by atoms with Crippen LogP contribution in [0.5, 0.6) is 17.2 Å². The number of oxazole rings is 1. The summed E-state index contributed by atoms with van der Waals surface area (Å²) in [5, 5.41) is 3.21. The lowest BCUT2D eigenvalue weighted by atomic mass is 10.1. The molecule has 10 heteroatoms. The van der Waals surface area contributed by atoms with Crippen molar-refractivity contribution in [2.45, 2.75) is 31.8 Å². The fourth-order valence-electron chi connectivity index (χ4n) is 5.60. The largest absolute Gasteiger partial charge is 0.493 e. The van der Waals surface area contributed by atoms with Crippen molar-refractivity contribution in [2.24, 2.45) is 0 Å². The van der Waals surface area contributed by atoms with Gasteiger partial charge in [0.25, 0.3) is 0 Å². The van der Waals surface area contributed by atoms with Crippen LogP contribution < -0.4 is 20.5 Å². The lowest BCUT2D eigenvalue weighted by molar-refractivity contribution is -0.123. The number of para-hydroxylation sites is 2. The van der Waals surface area contributed by atoms with E-state index >= 15 is 0 Å².